The standard InChI is InChI=1S/C27H23FOS2/c28-23-15-8-7-14-21(23)22-18-27(30-16-9-17-31-27)25(24(22)19-10-3-1-4-11-19)26(29)20-12-5-2-6-13-20/h1-8,10-15,18,24-25H,9,16-17H2/t24-,25-/m1/s1. The Morgan fingerprint density at radius 2 is 1.45 bits per heavy atom. The van der Waals surface area contributed by atoms with Crippen LogP contribution in [-0.4, -0.2) is 21.4 Å². The fraction of sp³-hybridized carbons (Fsp3) is 0.222. The molecule has 0 saturated carbocycles. The molecule has 0 N–H and O–H groups in total. The van der Waals surface area contributed by atoms with Crippen LogP contribution in [0.3, 0.4) is 0 Å². The molecule has 4 heteroatoms. The zero-order chi connectivity index (χ0) is 21.3. The van der Waals surface area contributed by atoms with Crippen molar-refractivity contribution in [2.75, 3.05) is 11.5 Å². The molecule has 31 heavy (non-hydrogen) atoms. The van der Waals surface area contributed by atoms with Gasteiger partial charge in [0, 0.05) is 17.0 Å². The molecular formula is C27H23FOS2. The van der Waals surface area contributed by atoms with E-state index in [0.29, 0.717) is 5.56 Å². The second kappa shape index (κ2) is 8.68. The van der Waals surface area contributed by atoms with E-state index in [4.69, 9.17) is 0 Å². The van der Waals surface area contributed by atoms with Gasteiger partial charge in [-0.15, -0.1) is 23.5 Å². The molecule has 2 aliphatic rings. The maximum absolute atomic E-state index is 15.0. The van der Waals surface area contributed by atoms with E-state index in [1.807, 2.05) is 84.2 Å². The van der Waals surface area contributed by atoms with Crippen molar-refractivity contribution < 1.29 is 9.18 Å². The van der Waals surface area contributed by atoms with Crippen molar-refractivity contribution in [1.29, 1.82) is 0 Å². The molecule has 5 rings (SSSR count). The fourth-order valence-electron chi connectivity index (χ4n) is 4.72. The molecule has 1 aliphatic carbocycles. The summed E-state index contributed by atoms with van der Waals surface area (Å²) in [4.78, 5) is 14.0. The summed E-state index contributed by atoms with van der Waals surface area (Å²) in [6.45, 7) is 0. The monoisotopic (exact) mass is 446 g/mol. The molecule has 3 aromatic rings. The maximum Gasteiger partial charge on any atom is 0.169 e. The summed E-state index contributed by atoms with van der Waals surface area (Å²) in [7, 11) is 0. The number of ketones is 1. The quantitative estimate of drug-likeness (QED) is 0.399. The molecule has 2 atom stereocenters. The third-order valence-corrected chi connectivity index (χ3v) is 9.43. The maximum atomic E-state index is 15.0. The highest BCUT2D eigenvalue weighted by molar-refractivity contribution is 8.19. The highest BCUT2D eigenvalue weighted by Crippen LogP contribution is 2.62. The number of benzene rings is 3. The first-order valence-electron chi connectivity index (χ1n) is 10.6. The van der Waals surface area contributed by atoms with Crippen LogP contribution < -0.4 is 0 Å². The summed E-state index contributed by atoms with van der Waals surface area (Å²) in [5.41, 5.74) is 3.32. The van der Waals surface area contributed by atoms with E-state index in [2.05, 4.69) is 18.2 Å². The van der Waals surface area contributed by atoms with Crippen molar-refractivity contribution in [2.24, 2.45) is 5.92 Å². The molecule has 1 aliphatic heterocycles. The van der Waals surface area contributed by atoms with Crippen molar-refractivity contribution in [3.63, 3.8) is 0 Å². The number of hydrogen-bond acceptors (Lipinski definition) is 3. The summed E-state index contributed by atoms with van der Waals surface area (Å²) in [6.07, 6.45) is 3.34. The van der Waals surface area contributed by atoms with Crippen molar-refractivity contribution in [2.45, 2.75) is 16.4 Å². The van der Waals surface area contributed by atoms with E-state index < -0.39 is 0 Å². The zero-order valence-corrected chi connectivity index (χ0v) is 18.7. The number of carbonyl (C=O) groups excluding carboxylic acids is 1. The van der Waals surface area contributed by atoms with E-state index in [1.165, 1.54) is 6.07 Å². The van der Waals surface area contributed by atoms with E-state index in [-0.39, 0.29) is 27.5 Å². The molecule has 0 aromatic heterocycles. The first-order valence-corrected chi connectivity index (χ1v) is 12.6. The minimum atomic E-state index is -0.386. The second-order valence-corrected chi connectivity index (χ2v) is 11.0. The van der Waals surface area contributed by atoms with Crippen LogP contribution in [-0.2, 0) is 0 Å². The summed E-state index contributed by atoms with van der Waals surface area (Å²) >= 11 is 3.70. The number of rotatable bonds is 4. The molecule has 0 radical (unpaired) electrons. The fourth-order valence-corrected chi connectivity index (χ4v) is 8.22. The molecule has 1 heterocycles. The summed E-state index contributed by atoms with van der Waals surface area (Å²) in [5.74, 6) is 1.44. The van der Waals surface area contributed by atoms with Gasteiger partial charge in [-0.25, -0.2) is 4.39 Å². The molecular weight excluding hydrogens is 423 g/mol. The molecule has 0 amide bonds. The van der Waals surface area contributed by atoms with Crippen LogP contribution in [0.5, 0.6) is 0 Å². The summed E-state index contributed by atoms with van der Waals surface area (Å²) in [5, 5.41) is 0. The smallest absolute Gasteiger partial charge is 0.169 e. The highest BCUT2D eigenvalue weighted by atomic mass is 32.2. The van der Waals surface area contributed by atoms with Crippen LogP contribution in [0.2, 0.25) is 0 Å². The van der Waals surface area contributed by atoms with Crippen LogP contribution in [0.25, 0.3) is 5.57 Å². The van der Waals surface area contributed by atoms with Crippen molar-refractivity contribution >= 4 is 34.9 Å². The molecule has 1 spiro atoms. The molecule has 1 nitrogen and oxygen atoms in total. The van der Waals surface area contributed by atoms with E-state index in [9.17, 15) is 9.18 Å². The summed E-state index contributed by atoms with van der Waals surface area (Å²) < 4.78 is 14.6. The normalized spacial score (nSPS) is 22.3. The van der Waals surface area contributed by atoms with Gasteiger partial charge in [-0.1, -0.05) is 84.9 Å². The van der Waals surface area contributed by atoms with Gasteiger partial charge in [0.2, 0.25) is 0 Å². The van der Waals surface area contributed by atoms with Gasteiger partial charge < -0.3 is 0 Å². The van der Waals surface area contributed by atoms with Gasteiger partial charge >= 0.3 is 0 Å². The number of allylic oxidation sites excluding steroid dienone is 1. The molecule has 1 fully saturated rings. The van der Waals surface area contributed by atoms with Crippen LogP contribution in [0.4, 0.5) is 4.39 Å². The number of carbonyl (C=O) groups is 1. The second-order valence-electron chi connectivity index (χ2n) is 7.95. The Bertz CT molecular complexity index is 1100. The topological polar surface area (TPSA) is 17.1 Å². The van der Waals surface area contributed by atoms with Gasteiger partial charge in [-0.05, 0) is 35.1 Å². The Morgan fingerprint density at radius 1 is 0.839 bits per heavy atom. The largest absolute Gasteiger partial charge is 0.294 e. The van der Waals surface area contributed by atoms with E-state index in [0.717, 1.165) is 34.6 Å². The Kier molecular flexibility index (Phi) is 5.77. The van der Waals surface area contributed by atoms with Crippen LogP contribution in [0.1, 0.15) is 33.8 Å². The van der Waals surface area contributed by atoms with Crippen LogP contribution in [0, 0.1) is 11.7 Å². The van der Waals surface area contributed by atoms with Crippen molar-refractivity contribution in [3.8, 4) is 0 Å². The zero-order valence-electron chi connectivity index (χ0n) is 17.0. The lowest BCUT2D eigenvalue weighted by molar-refractivity contribution is 0.0915. The van der Waals surface area contributed by atoms with Gasteiger partial charge in [0.25, 0.3) is 0 Å². The van der Waals surface area contributed by atoms with Gasteiger partial charge in [0.05, 0.1) is 10.00 Å². The van der Waals surface area contributed by atoms with Gasteiger partial charge in [0.1, 0.15) is 5.82 Å². The third kappa shape index (κ3) is 3.77. The Morgan fingerprint density at radius 3 is 2.13 bits per heavy atom. The molecule has 156 valence electrons. The SMILES string of the molecule is O=C(c1ccccc1)[C@H]1[C@H](c2ccccc2)C(c2ccccc2F)=CC12SCCCS2. The molecule has 0 bridgehead atoms. The molecule has 1 saturated heterocycles. The van der Waals surface area contributed by atoms with Crippen LogP contribution >= 0.6 is 23.5 Å². The van der Waals surface area contributed by atoms with Crippen molar-refractivity contribution in [3.05, 3.63) is 114 Å². The highest BCUT2D eigenvalue weighted by Gasteiger charge is 2.54. The van der Waals surface area contributed by atoms with Crippen molar-refractivity contribution in [1.82, 2.24) is 0 Å². The first-order chi connectivity index (χ1) is 15.2. The lowest BCUT2D eigenvalue weighted by Gasteiger charge is -2.38. The van der Waals surface area contributed by atoms with Gasteiger partial charge in [0.15, 0.2) is 5.78 Å². The summed E-state index contributed by atoms with van der Waals surface area (Å²) in [6, 6.07) is 26.7. The Balaban J connectivity index is 1.71. The first kappa shape index (κ1) is 20.6. The number of thioether (sulfide) groups is 2. The minimum absolute atomic E-state index is 0.138. The lowest BCUT2D eigenvalue weighted by atomic mass is 9.78. The molecule has 3 aromatic carbocycles. The average molecular weight is 447 g/mol. The van der Waals surface area contributed by atoms with E-state index in [1.54, 1.807) is 6.07 Å². The Labute approximate surface area is 191 Å². The number of halogens is 1. The number of Topliss-reactive ketones (excluding diaryl/α,β-unsaturated/α-hetero) is 1. The average Bonchev–Trinajstić information content (AvgIpc) is 3.14. The van der Waals surface area contributed by atoms with Gasteiger partial charge in [-0.2, -0.15) is 0 Å². The van der Waals surface area contributed by atoms with Crippen LogP contribution in [0.15, 0.2) is 91.0 Å². The van der Waals surface area contributed by atoms with E-state index >= 15 is 0 Å². The predicted octanol–water partition coefficient (Wildman–Crippen LogP) is 7.07. The Hall–Kier alpha value is -2.30. The lowest BCUT2D eigenvalue weighted by Crippen LogP contribution is -2.37. The predicted molar refractivity (Wildman–Crippen MR) is 130 cm³/mol. The molecule has 0 unspecified atom stereocenters. The third-order valence-electron chi connectivity index (χ3n) is 6.09. The minimum Gasteiger partial charge on any atom is -0.294 e. The van der Waals surface area contributed by atoms with Gasteiger partial charge in [-0.3, -0.25) is 4.79 Å². The number of hydrogen-bond donors (Lipinski definition) is 0.